The van der Waals surface area contributed by atoms with Gasteiger partial charge in [0.25, 0.3) is 0 Å². The molecule has 0 aliphatic heterocycles. The van der Waals surface area contributed by atoms with Gasteiger partial charge in [-0.05, 0) is 40.6 Å². The lowest BCUT2D eigenvalue weighted by atomic mass is 10.0. The molecule has 3 N–H and O–H groups in total. The molecule has 2 aromatic rings. The lowest BCUT2D eigenvalue weighted by Gasteiger charge is -2.17. The lowest BCUT2D eigenvalue weighted by Crippen LogP contribution is -2.31. The average Bonchev–Trinajstić information content (AvgIpc) is 2.85. The number of nitrogens with two attached hydrogens (primary N) is 1. The normalized spacial score (nSPS) is 12.6. The Balaban J connectivity index is 2.19. The Kier molecular flexibility index (Phi) is 5.29. The highest BCUT2D eigenvalue weighted by atomic mass is 127. The summed E-state index contributed by atoms with van der Waals surface area (Å²) in [6, 6.07) is 8.27. The summed E-state index contributed by atoms with van der Waals surface area (Å²) in [7, 11) is 0. The van der Waals surface area contributed by atoms with Gasteiger partial charge < -0.3 is 0 Å². The molecule has 102 valence electrons. The maximum absolute atomic E-state index is 5.70. The molecule has 0 radical (unpaired) electrons. The quantitative estimate of drug-likeness (QED) is 0.463. The van der Waals surface area contributed by atoms with Gasteiger partial charge in [-0.3, -0.25) is 16.0 Å². The Morgan fingerprint density at radius 3 is 2.89 bits per heavy atom. The summed E-state index contributed by atoms with van der Waals surface area (Å²) in [5.74, 6) is 6.67. The fourth-order valence-corrected chi connectivity index (χ4v) is 2.81. The third kappa shape index (κ3) is 3.52. The minimum atomic E-state index is 0.0490. The number of nitrogens with one attached hydrogen (secondary N) is 1. The molecule has 1 heterocycles. The molecule has 0 fully saturated rings. The molecule has 0 bridgehead atoms. The smallest absolute Gasteiger partial charge is 0.138 e. The molecular formula is C13H18IN5. The van der Waals surface area contributed by atoms with Crippen LogP contribution in [0.15, 0.2) is 30.6 Å². The Labute approximate surface area is 126 Å². The highest BCUT2D eigenvalue weighted by Gasteiger charge is 2.16. The first-order valence-electron chi connectivity index (χ1n) is 6.33. The van der Waals surface area contributed by atoms with Crippen LogP contribution in [0.3, 0.4) is 0 Å². The zero-order valence-corrected chi connectivity index (χ0v) is 13.0. The second-order valence-corrected chi connectivity index (χ2v) is 5.51. The minimum Gasteiger partial charge on any atom is -0.271 e. The number of benzene rings is 1. The zero-order valence-electron chi connectivity index (χ0n) is 10.9. The molecule has 0 saturated carbocycles. The first kappa shape index (κ1) is 14.4. The largest absolute Gasteiger partial charge is 0.271 e. The van der Waals surface area contributed by atoms with Crippen LogP contribution in [0.5, 0.6) is 0 Å². The van der Waals surface area contributed by atoms with Crippen LogP contribution in [0.25, 0.3) is 0 Å². The van der Waals surface area contributed by atoms with E-state index < -0.39 is 0 Å². The average molecular weight is 371 g/mol. The van der Waals surface area contributed by atoms with E-state index in [1.54, 1.807) is 6.33 Å². The third-order valence-electron chi connectivity index (χ3n) is 3.00. The molecule has 1 atom stereocenters. The molecule has 19 heavy (non-hydrogen) atoms. The standard InChI is InChI=1S/C13H18IN5/c1-2-7-19-13(16-9-17-19)8-12(18-15)10-5-3-4-6-11(10)14/h3-6,9,12,18H,2,7-8,15H2,1H3. The van der Waals surface area contributed by atoms with Gasteiger partial charge in [0.05, 0.1) is 6.04 Å². The van der Waals surface area contributed by atoms with Crippen LogP contribution in [0, 0.1) is 3.57 Å². The van der Waals surface area contributed by atoms with Crippen molar-refractivity contribution in [3.05, 3.63) is 45.6 Å². The van der Waals surface area contributed by atoms with Crippen LogP contribution in [-0.2, 0) is 13.0 Å². The van der Waals surface area contributed by atoms with Gasteiger partial charge in [0.15, 0.2) is 0 Å². The number of nitrogens with zero attached hydrogens (tertiary/aromatic N) is 3. The van der Waals surface area contributed by atoms with Crippen LogP contribution in [-0.4, -0.2) is 14.8 Å². The highest BCUT2D eigenvalue weighted by molar-refractivity contribution is 14.1. The number of aromatic nitrogens is 3. The van der Waals surface area contributed by atoms with Gasteiger partial charge in [-0.2, -0.15) is 5.10 Å². The number of hydrogen-bond acceptors (Lipinski definition) is 4. The number of rotatable bonds is 6. The van der Waals surface area contributed by atoms with Gasteiger partial charge in [-0.25, -0.2) is 4.98 Å². The van der Waals surface area contributed by atoms with Gasteiger partial charge in [-0.15, -0.1) is 0 Å². The van der Waals surface area contributed by atoms with E-state index in [0.29, 0.717) is 0 Å². The molecule has 0 saturated heterocycles. The lowest BCUT2D eigenvalue weighted by molar-refractivity contribution is 0.498. The van der Waals surface area contributed by atoms with Crippen LogP contribution in [0.2, 0.25) is 0 Å². The SMILES string of the molecule is CCCn1ncnc1CC(NN)c1ccccc1I. The molecule has 2 rings (SSSR count). The van der Waals surface area contributed by atoms with Crippen molar-refractivity contribution in [2.24, 2.45) is 5.84 Å². The topological polar surface area (TPSA) is 68.8 Å². The second kappa shape index (κ2) is 6.97. The number of aryl methyl sites for hydroxylation is 1. The first-order valence-corrected chi connectivity index (χ1v) is 7.41. The molecule has 6 heteroatoms. The van der Waals surface area contributed by atoms with E-state index in [1.807, 2.05) is 16.8 Å². The predicted octanol–water partition coefficient (Wildman–Crippen LogP) is 2.04. The Bertz CT molecular complexity index is 525. The van der Waals surface area contributed by atoms with Gasteiger partial charge in [-0.1, -0.05) is 25.1 Å². The summed E-state index contributed by atoms with van der Waals surface area (Å²) in [6.07, 6.45) is 3.38. The monoisotopic (exact) mass is 371 g/mol. The molecule has 5 nitrogen and oxygen atoms in total. The first-order chi connectivity index (χ1) is 9.26. The van der Waals surface area contributed by atoms with Crippen molar-refractivity contribution in [1.82, 2.24) is 20.2 Å². The van der Waals surface area contributed by atoms with Crippen LogP contribution in [0.4, 0.5) is 0 Å². The van der Waals surface area contributed by atoms with Crippen LogP contribution >= 0.6 is 22.6 Å². The molecule has 0 aliphatic rings. The van der Waals surface area contributed by atoms with Crippen molar-refractivity contribution >= 4 is 22.6 Å². The Morgan fingerprint density at radius 2 is 2.21 bits per heavy atom. The Morgan fingerprint density at radius 1 is 1.42 bits per heavy atom. The summed E-state index contributed by atoms with van der Waals surface area (Å²) in [5.41, 5.74) is 4.07. The summed E-state index contributed by atoms with van der Waals surface area (Å²) in [5, 5.41) is 4.24. The van der Waals surface area contributed by atoms with Crippen molar-refractivity contribution in [2.75, 3.05) is 0 Å². The summed E-state index contributed by atoms with van der Waals surface area (Å²) < 4.78 is 3.14. The Hall–Kier alpha value is -0.990. The van der Waals surface area contributed by atoms with Crippen molar-refractivity contribution in [1.29, 1.82) is 0 Å². The maximum atomic E-state index is 5.70. The summed E-state index contributed by atoms with van der Waals surface area (Å²) in [4.78, 5) is 4.33. The molecule has 1 aromatic carbocycles. The van der Waals surface area contributed by atoms with Gasteiger partial charge in [0.1, 0.15) is 12.2 Å². The van der Waals surface area contributed by atoms with Crippen molar-refractivity contribution in [3.8, 4) is 0 Å². The zero-order chi connectivity index (χ0) is 13.7. The second-order valence-electron chi connectivity index (χ2n) is 4.34. The highest BCUT2D eigenvalue weighted by Crippen LogP contribution is 2.22. The van der Waals surface area contributed by atoms with E-state index in [0.717, 1.165) is 25.2 Å². The third-order valence-corrected chi connectivity index (χ3v) is 3.98. The fourth-order valence-electron chi connectivity index (χ4n) is 2.04. The van der Waals surface area contributed by atoms with Crippen LogP contribution < -0.4 is 11.3 Å². The van der Waals surface area contributed by atoms with Crippen LogP contribution in [0.1, 0.15) is 30.8 Å². The molecule has 0 aliphatic carbocycles. The van der Waals surface area contributed by atoms with Crippen molar-refractivity contribution in [3.63, 3.8) is 0 Å². The minimum absolute atomic E-state index is 0.0490. The summed E-state index contributed by atoms with van der Waals surface area (Å²) >= 11 is 2.33. The predicted molar refractivity (Wildman–Crippen MR) is 83.2 cm³/mol. The van der Waals surface area contributed by atoms with E-state index in [1.165, 1.54) is 9.13 Å². The van der Waals surface area contributed by atoms with Crippen molar-refractivity contribution < 1.29 is 0 Å². The summed E-state index contributed by atoms with van der Waals surface area (Å²) in [6.45, 7) is 3.02. The van der Waals surface area contributed by atoms with E-state index in [-0.39, 0.29) is 6.04 Å². The molecule has 1 aromatic heterocycles. The molecule has 1 unspecified atom stereocenters. The number of halogens is 1. The molecular weight excluding hydrogens is 353 g/mol. The van der Waals surface area contributed by atoms with E-state index in [4.69, 9.17) is 5.84 Å². The van der Waals surface area contributed by atoms with Gasteiger partial charge >= 0.3 is 0 Å². The number of hydrazine groups is 1. The number of hydrogen-bond donors (Lipinski definition) is 2. The van der Waals surface area contributed by atoms with Gasteiger partial charge in [0.2, 0.25) is 0 Å². The van der Waals surface area contributed by atoms with E-state index >= 15 is 0 Å². The maximum Gasteiger partial charge on any atom is 0.138 e. The van der Waals surface area contributed by atoms with E-state index in [2.05, 4.69) is 57.2 Å². The fraction of sp³-hybridized carbons (Fsp3) is 0.385. The van der Waals surface area contributed by atoms with Gasteiger partial charge in [0, 0.05) is 16.5 Å². The van der Waals surface area contributed by atoms with Crippen molar-refractivity contribution in [2.45, 2.75) is 32.4 Å². The van der Waals surface area contributed by atoms with E-state index in [9.17, 15) is 0 Å². The molecule has 0 spiro atoms. The molecule has 0 amide bonds.